The third-order valence-electron chi connectivity index (χ3n) is 3.33. The number of hydrogen-bond donors (Lipinski definition) is 1. The maximum absolute atomic E-state index is 4.57. The summed E-state index contributed by atoms with van der Waals surface area (Å²) in [5, 5.41) is 3.50. The molecule has 1 aromatic carbocycles. The highest BCUT2D eigenvalue weighted by Crippen LogP contribution is 2.21. The van der Waals surface area contributed by atoms with Crippen LogP contribution in [0.2, 0.25) is 0 Å². The third-order valence-corrected chi connectivity index (χ3v) is 3.33. The van der Waals surface area contributed by atoms with Crippen molar-refractivity contribution in [2.24, 2.45) is 0 Å². The van der Waals surface area contributed by atoms with Gasteiger partial charge in [-0.15, -0.1) is 0 Å². The fourth-order valence-corrected chi connectivity index (χ4v) is 2.15. The highest BCUT2D eigenvalue weighted by Gasteiger charge is 2.12. The molecule has 0 radical (unpaired) electrons. The summed E-state index contributed by atoms with van der Waals surface area (Å²) in [6, 6.07) is 9.29. The Morgan fingerprint density at radius 3 is 2.26 bits per heavy atom. The van der Waals surface area contributed by atoms with E-state index in [1.807, 2.05) is 6.92 Å². The van der Waals surface area contributed by atoms with Crippen molar-refractivity contribution in [3.05, 3.63) is 47.3 Å². The zero-order valence-corrected chi connectivity index (χ0v) is 12.4. The number of benzene rings is 1. The molecule has 1 N–H and O–H groups in total. The van der Waals surface area contributed by atoms with Crippen LogP contribution >= 0.6 is 0 Å². The van der Waals surface area contributed by atoms with E-state index in [0.717, 1.165) is 11.6 Å². The zero-order valence-electron chi connectivity index (χ0n) is 12.4. The molecule has 0 saturated carbocycles. The number of rotatable bonds is 4. The summed E-state index contributed by atoms with van der Waals surface area (Å²) in [7, 11) is 0. The molecule has 102 valence electrons. The first kappa shape index (κ1) is 13.7. The van der Waals surface area contributed by atoms with E-state index in [0.29, 0.717) is 6.04 Å². The number of aromatic nitrogens is 2. The Hall–Kier alpha value is -1.77. The Morgan fingerprint density at radius 1 is 1.05 bits per heavy atom. The lowest BCUT2D eigenvalue weighted by atomic mass is 10.1. The molecule has 1 atom stereocenters. The summed E-state index contributed by atoms with van der Waals surface area (Å²) in [5.41, 5.74) is 3.62. The quantitative estimate of drug-likeness (QED) is 0.887. The number of imidazole rings is 1. The van der Waals surface area contributed by atoms with Gasteiger partial charge in [-0.2, -0.15) is 0 Å². The molecule has 0 saturated heterocycles. The van der Waals surface area contributed by atoms with Gasteiger partial charge in [-0.25, -0.2) is 4.98 Å². The predicted octanol–water partition coefficient (Wildman–Crippen LogP) is 4.25. The summed E-state index contributed by atoms with van der Waals surface area (Å²) in [6.07, 6.45) is 2.09. The molecule has 1 unspecified atom stereocenters. The third kappa shape index (κ3) is 3.16. The second kappa shape index (κ2) is 5.47. The molecular formula is C16H23N3. The summed E-state index contributed by atoms with van der Waals surface area (Å²) < 4.78 is 2.18. The lowest BCUT2D eigenvalue weighted by Crippen LogP contribution is -2.12. The summed E-state index contributed by atoms with van der Waals surface area (Å²) in [4.78, 5) is 4.57. The predicted molar refractivity (Wildman–Crippen MR) is 80.6 cm³/mol. The molecule has 2 rings (SSSR count). The minimum Gasteiger partial charge on any atom is -0.349 e. The van der Waals surface area contributed by atoms with Crippen LogP contribution in [0.25, 0.3) is 0 Å². The maximum atomic E-state index is 4.57. The molecule has 0 aliphatic carbocycles. The molecule has 0 spiro atoms. The van der Waals surface area contributed by atoms with Crippen molar-refractivity contribution in [2.45, 2.75) is 46.7 Å². The molecule has 0 amide bonds. The molecule has 0 bridgehead atoms. The molecule has 2 aromatic rings. The van der Waals surface area contributed by atoms with Crippen LogP contribution in [0.15, 0.2) is 30.5 Å². The second-order valence-electron chi connectivity index (χ2n) is 5.48. The van der Waals surface area contributed by atoms with Crippen molar-refractivity contribution in [3.8, 4) is 0 Å². The van der Waals surface area contributed by atoms with E-state index >= 15 is 0 Å². The molecule has 3 heteroatoms. The lowest BCUT2D eigenvalue weighted by Gasteiger charge is -2.18. The van der Waals surface area contributed by atoms with Gasteiger partial charge >= 0.3 is 0 Å². The van der Waals surface area contributed by atoms with E-state index in [9.17, 15) is 0 Å². The van der Waals surface area contributed by atoms with Crippen LogP contribution in [0.5, 0.6) is 0 Å². The van der Waals surface area contributed by atoms with E-state index in [4.69, 9.17) is 0 Å². The fourth-order valence-electron chi connectivity index (χ4n) is 2.15. The van der Waals surface area contributed by atoms with Gasteiger partial charge in [-0.1, -0.05) is 29.8 Å². The van der Waals surface area contributed by atoms with Gasteiger partial charge in [0.25, 0.3) is 0 Å². The highest BCUT2D eigenvalue weighted by molar-refractivity contribution is 5.35. The van der Waals surface area contributed by atoms with Gasteiger partial charge in [0.05, 0.1) is 11.7 Å². The second-order valence-corrected chi connectivity index (χ2v) is 5.48. The molecule has 1 heterocycles. The van der Waals surface area contributed by atoms with Gasteiger partial charge in [0, 0.05) is 12.2 Å². The molecule has 1 aromatic heterocycles. The van der Waals surface area contributed by atoms with Crippen LogP contribution in [-0.2, 0) is 0 Å². The van der Waals surface area contributed by atoms with Gasteiger partial charge in [-0.3, -0.25) is 0 Å². The van der Waals surface area contributed by atoms with Crippen LogP contribution in [0, 0.1) is 13.8 Å². The van der Waals surface area contributed by atoms with Crippen LogP contribution in [-0.4, -0.2) is 9.55 Å². The first-order valence-corrected chi connectivity index (χ1v) is 6.86. The van der Waals surface area contributed by atoms with Crippen molar-refractivity contribution >= 4 is 5.95 Å². The maximum Gasteiger partial charge on any atom is 0.203 e. The first-order valence-electron chi connectivity index (χ1n) is 6.86. The van der Waals surface area contributed by atoms with Gasteiger partial charge in [0.15, 0.2) is 0 Å². The Labute approximate surface area is 115 Å². The van der Waals surface area contributed by atoms with Crippen LogP contribution in [0.4, 0.5) is 5.95 Å². The normalized spacial score (nSPS) is 12.7. The lowest BCUT2D eigenvalue weighted by molar-refractivity contribution is 0.600. The van der Waals surface area contributed by atoms with E-state index in [1.54, 1.807) is 0 Å². The van der Waals surface area contributed by atoms with Gasteiger partial charge in [-0.05, 0) is 40.2 Å². The van der Waals surface area contributed by atoms with Crippen molar-refractivity contribution in [2.75, 3.05) is 5.32 Å². The monoisotopic (exact) mass is 257 g/mol. The minimum atomic E-state index is 0.250. The molecule has 0 aliphatic heterocycles. The summed E-state index contributed by atoms with van der Waals surface area (Å²) >= 11 is 0. The van der Waals surface area contributed by atoms with Gasteiger partial charge in [0.2, 0.25) is 5.95 Å². The molecule has 0 fully saturated rings. The molecule has 0 aliphatic rings. The standard InChI is InChI=1S/C16H23N3/c1-11(2)19-10-13(4)17-16(19)18-14(5)15-8-6-12(3)7-9-15/h6-11,14H,1-5H3,(H,17,18). The van der Waals surface area contributed by atoms with E-state index in [2.05, 4.69) is 73.0 Å². The Bertz CT molecular complexity index is 538. The van der Waals surface area contributed by atoms with Crippen molar-refractivity contribution in [1.82, 2.24) is 9.55 Å². The minimum absolute atomic E-state index is 0.250. The van der Waals surface area contributed by atoms with Crippen LogP contribution in [0.3, 0.4) is 0 Å². The van der Waals surface area contributed by atoms with E-state index < -0.39 is 0 Å². The topological polar surface area (TPSA) is 29.9 Å². The molecule has 19 heavy (non-hydrogen) atoms. The first-order chi connectivity index (χ1) is 8.97. The van der Waals surface area contributed by atoms with Crippen molar-refractivity contribution < 1.29 is 0 Å². The number of aryl methyl sites for hydroxylation is 2. The average Bonchev–Trinajstić information content (AvgIpc) is 2.71. The fraction of sp³-hybridized carbons (Fsp3) is 0.438. The van der Waals surface area contributed by atoms with Gasteiger partial charge in [0.1, 0.15) is 0 Å². The Balaban J connectivity index is 2.18. The number of anilines is 1. The zero-order chi connectivity index (χ0) is 14.0. The highest BCUT2D eigenvalue weighted by atomic mass is 15.2. The summed E-state index contributed by atoms with van der Waals surface area (Å²) in [5.74, 6) is 0.945. The van der Waals surface area contributed by atoms with E-state index in [-0.39, 0.29) is 6.04 Å². The number of nitrogens with zero attached hydrogens (tertiary/aromatic N) is 2. The SMILES string of the molecule is Cc1ccc(C(C)Nc2nc(C)cn2C(C)C)cc1. The van der Waals surface area contributed by atoms with Crippen molar-refractivity contribution in [1.29, 1.82) is 0 Å². The Morgan fingerprint density at radius 2 is 1.68 bits per heavy atom. The number of hydrogen-bond acceptors (Lipinski definition) is 2. The van der Waals surface area contributed by atoms with Crippen LogP contribution in [0.1, 0.15) is 49.7 Å². The Kier molecular flexibility index (Phi) is 3.93. The largest absolute Gasteiger partial charge is 0.349 e. The van der Waals surface area contributed by atoms with Crippen molar-refractivity contribution in [3.63, 3.8) is 0 Å². The number of nitrogens with one attached hydrogen (secondary N) is 1. The molecular weight excluding hydrogens is 234 g/mol. The molecule has 3 nitrogen and oxygen atoms in total. The van der Waals surface area contributed by atoms with Crippen LogP contribution < -0.4 is 5.32 Å². The summed E-state index contributed by atoms with van der Waals surface area (Å²) in [6.45, 7) is 10.6. The average molecular weight is 257 g/mol. The van der Waals surface area contributed by atoms with E-state index in [1.165, 1.54) is 11.1 Å². The smallest absolute Gasteiger partial charge is 0.203 e. The van der Waals surface area contributed by atoms with Gasteiger partial charge < -0.3 is 9.88 Å².